The number of rotatable bonds is 12. The number of hydrogen-bond donors (Lipinski definition) is 3. The number of carbonyl (C=O) groups excluding carboxylic acids is 1. The third-order valence-corrected chi connectivity index (χ3v) is 5.22. The van der Waals surface area contributed by atoms with Crippen molar-refractivity contribution in [2.75, 3.05) is 27.3 Å². The van der Waals surface area contributed by atoms with Crippen molar-refractivity contribution in [1.29, 1.82) is 0 Å². The van der Waals surface area contributed by atoms with Gasteiger partial charge in [-0.2, -0.15) is 4.21 Å². The summed E-state index contributed by atoms with van der Waals surface area (Å²) in [5, 5.41) is 6.74. The third-order valence-electron chi connectivity index (χ3n) is 5.22. The number of carbonyl (C=O) groups is 1. The fourth-order valence-corrected chi connectivity index (χ4v) is 3.06. The SMILES string of the molecule is CCCCOc1ccc(C(N)=NOc2c(C)cc(OCCCC(=O)NC)c(C)c2C)cc1.CN.O=S. The van der Waals surface area contributed by atoms with E-state index < -0.39 is 0 Å². The van der Waals surface area contributed by atoms with Crippen LogP contribution in [0.5, 0.6) is 17.2 Å². The Balaban J connectivity index is 0.00000291. The number of nitrogens with two attached hydrogens (primary N) is 2. The number of unbranched alkanes of at least 4 members (excludes halogenated alkanes) is 1. The highest BCUT2D eigenvalue weighted by molar-refractivity contribution is 7.44. The van der Waals surface area contributed by atoms with Crippen LogP contribution < -0.4 is 31.1 Å². The molecule has 200 valence electrons. The Kier molecular flexibility index (Phi) is 17.3. The molecule has 9 nitrogen and oxygen atoms in total. The molecule has 0 aliphatic carbocycles. The Morgan fingerprint density at radius 3 is 2.19 bits per heavy atom. The lowest BCUT2D eigenvalue weighted by Crippen LogP contribution is -2.18. The van der Waals surface area contributed by atoms with Crippen LogP contribution in [-0.4, -0.2) is 43.3 Å². The fourth-order valence-electron chi connectivity index (χ4n) is 3.06. The second-order valence-corrected chi connectivity index (χ2v) is 7.69. The molecule has 0 atom stereocenters. The Hall–Kier alpha value is -3.24. The Morgan fingerprint density at radius 1 is 1.00 bits per heavy atom. The normalized spacial score (nSPS) is 10.2. The number of oxime groups is 1. The van der Waals surface area contributed by atoms with Gasteiger partial charge in [-0.1, -0.05) is 18.5 Å². The first-order valence-electron chi connectivity index (χ1n) is 11.8. The lowest BCUT2D eigenvalue weighted by molar-refractivity contribution is -0.120. The molecule has 0 aliphatic heterocycles. The zero-order valence-electron chi connectivity index (χ0n) is 22.2. The molecule has 2 aromatic carbocycles. The molecule has 0 spiro atoms. The molecule has 10 heteroatoms. The highest BCUT2D eigenvalue weighted by atomic mass is 32.1. The molecule has 0 heterocycles. The summed E-state index contributed by atoms with van der Waals surface area (Å²) in [4.78, 5) is 17.1. The maximum Gasteiger partial charge on any atom is 0.219 e. The van der Waals surface area contributed by atoms with Gasteiger partial charge in [0.05, 0.1) is 13.2 Å². The van der Waals surface area contributed by atoms with E-state index in [0.717, 1.165) is 46.6 Å². The van der Waals surface area contributed by atoms with Gasteiger partial charge in [0.15, 0.2) is 24.1 Å². The van der Waals surface area contributed by atoms with Crippen molar-refractivity contribution >= 4 is 24.3 Å². The summed E-state index contributed by atoms with van der Waals surface area (Å²) in [5.41, 5.74) is 14.2. The van der Waals surface area contributed by atoms with Crippen molar-refractivity contribution in [2.45, 2.75) is 53.4 Å². The molecule has 0 aromatic heterocycles. The molecule has 1 amide bonds. The summed E-state index contributed by atoms with van der Waals surface area (Å²) in [6, 6.07) is 9.41. The summed E-state index contributed by atoms with van der Waals surface area (Å²) < 4.78 is 19.4. The van der Waals surface area contributed by atoms with Gasteiger partial charge in [0.2, 0.25) is 5.91 Å². The molecular formula is C26H40N4O5S. The number of benzene rings is 2. The van der Waals surface area contributed by atoms with Crippen molar-refractivity contribution < 1.29 is 23.3 Å². The summed E-state index contributed by atoms with van der Waals surface area (Å²) in [6.45, 7) is 9.17. The van der Waals surface area contributed by atoms with E-state index in [9.17, 15) is 4.79 Å². The summed E-state index contributed by atoms with van der Waals surface area (Å²) in [5.74, 6) is 2.54. The van der Waals surface area contributed by atoms with Gasteiger partial charge in [0.25, 0.3) is 0 Å². The Labute approximate surface area is 220 Å². The zero-order chi connectivity index (χ0) is 27.5. The van der Waals surface area contributed by atoms with Gasteiger partial charge in [-0.05, 0) is 82.1 Å². The second kappa shape index (κ2) is 19.0. The average Bonchev–Trinajstić information content (AvgIpc) is 2.91. The maximum atomic E-state index is 11.3. The highest BCUT2D eigenvalue weighted by Gasteiger charge is 2.14. The minimum atomic E-state index is 0.00976. The molecule has 2 rings (SSSR count). The molecule has 0 unspecified atom stereocenters. The molecule has 0 saturated heterocycles. The van der Waals surface area contributed by atoms with Gasteiger partial charge >= 0.3 is 0 Å². The quantitative estimate of drug-likeness (QED) is 0.167. The minimum absolute atomic E-state index is 0.00976. The van der Waals surface area contributed by atoms with Gasteiger partial charge in [-0.3, -0.25) is 4.79 Å². The topological polar surface area (TPSA) is 138 Å². The first-order valence-corrected chi connectivity index (χ1v) is 12.1. The zero-order valence-corrected chi connectivity index (χ0v) is 23.0. The Morgan fingerprint density at radius 2 is 1.61 bits per heavy atom. The molecule has 0 bridgehead atoms. The predicted octanol–water partition coefficient (Wildman–Crippen LogP) is 3.63. The van der Waals surface area contributed by atoms with Gasteiger partial charge in [0.1, 0.15) is 11.5 Å². The molecule has 36 heavy (non-hydrogen) atoms. The van der Waals surface area contributed by atoms with Gasteiger partial charge in [0, 0.05) is 24.6 Å². The number of aryl methyl sites for hydroxylation is 1. The molecule has 0 saturated carbocycles. The van der Waals surface area contributed by atoms with Crippen molar-refractivity contribution in [3.63, 3.8) is 0 Å². The monoisotopic (exact) mass is 520 g/mol. The van der Waals surface area contributed by atoms with E-state index in [-0.39, 0.29) is 11.7 Å². The molecule has 5 N–H and O–H groups in total. The van der Waals surface area contributed by atoms with E-state index >= 15 is 0 Å². The van der Waals surface area contributed by atoms with E-state index in [4.69, 9.17) is 24.3 Å². The first kappa shape index (κ1) is 32.8. The van der Waals surface area contributed by atoms with E-state index in [2.05, 4.69) is 35.7 Å². The van der Waals surface area contributed by atoms with Crippen molar-refractivity contribution in [3.05, 3.63) is 52.6 Å². The fraction of sp³-hybridized carbons (Fsp3) is 0.462. The second-order valence-electron chi connectivity index (χ2n) is 7.69. The van der Waals surface area contributed by atoms with Gasteiger partial charge in [-0.15, -0.1) is 0 Å². The molecule has 0 radical (unpaired) electrons. The maximum absolute atomic E-state index is 11.3. The summed E-state index contributed by atoms with van der Waals surface area (Å²) in [7, 11) is 3.13. The molecule has 0 fully saturated rings. The van der Waals surface area contributed by atoms with E-state index in [1.54, 1.807) is 7.05 Å². The van der Waals surface area contributed by atoms with Gasteiger partial charge in [-0.25, -0.2) is 0 Å². The van der Waals surface area contributed by atoms with Crippen LogP contribution in [0.3, 0.4) is 0 Å². The minimum Gasteiger partial charge on any atom is -0.494 e. The summed E-state index contributed by atoms with van der Waals surface area (Å²) >= 11 is 2.83. The van der Waals surface area contributed by atoms with Crippen LogP contribution in [-0.2, 0) is 17.3 Å². The Bertz CT molecular complexity index is 952. The van der Waals surface area contributed by atoms with Crippen LogP contribution in [0.15, 0.2) is 35.5 Å². The molecule has 0 aliphatic rings. The number of nitrogens with zero attached hydrogens (tertiary/aromatic N) is 1. The van der Waals surface area contributed by atoms with Crippen LogP contribution >= 0.6 is 0 Å². The lowest BCUT2D eigenvalue weighted by Gasteiger charge is -2.16. The number of ether oxygens (including phenoxy) is 2. The van der Waals surface area contributed by atoms with Crippen LogP contribution in [0, 0.1) is 20.8 Å². The smallest absolute Gasteiger partial charge is 0.219 e. The number of amides is 1. The van der Waals surface area contributed by atoms with Crippen LogP contribution in [0.1, 0.15) is 54.9 Å². The number of nitrogens with one attached hydrogen (secondary N) is 1. The van der Waals surface area contributed by atoms with Crippen molar-refractivity contribution in [2.24, 2.45) is 16.6 Å². The predicted molar refractivity (Wildman–Crippen MR) is 146 cm³/mol. The number of hydrogen-bond acceptors (Lipinski definition) is 8. The number of amidine groups is 1. The van der Waals surface area contributed by atoms with Crippen LogP contribution in [0.25, 0.3) is 0 Å². The third kappa shape index (κ3) is 11.0. The van der Waals surface area contributed by atoms with Crippen molar-refractivity contribution in [1.82, 2.24) is 5.32 Å². The average molecular weight is 521 g/mol. The molecular weight excluding hydrogens is 480 g/mol. The largest absolute Gasteiger partial charge is 0.494 e. The van der Waals surface area contributed by atoms with E-state index in [1.807, 2.05) is 51.1 Å². The standard InChI is InChI=1S/C25H35N3O4.CH5N.OS/c1-6-7-14-30-21-12-10-20(11-13-21)25(26)28-32-24-17(2)16-22(18(3)19(24)4)31-15-8-9-23(29)27-5;2*1-2/h10-13,16H,6-9,14-15H2,1-5H3,(H2,26,28)(H,27,29);2H2,1H3;. The van der Waals surface area contributed by atoms with Crippen LogP contribution in [0.2, 0.25) is 0 Å². The van der Waals surface area contributed by atoms with Crippen LogP contribution in [0.4, 0.5) is 0 Å². The molecule has 2 aromatic rings. The summed E-state index contributed by atoms with van der Waals surface area (Å²) in [6.07, 6.45) is 3.21. The van der Waals surface area contributed by atoms with Crippen molar-refractivity contribution in [3.8, 4) is 17.2 Å². The first-order chi connectivity index (χ1) is 17.4. The lowest BCUT2D eigenvalue weighted by atomic mass is 10.0. The van der Waals surface area contributed by atoms with E-state index in [1.165, 1.54) is 7.05 Å². The van der Waals surface area contributed by atoms with E-state index in [0.29, 0.717) is 31.8 Å². The highest BCUT2D eigenvalue weighted by Crippen LogP contribution is 2.33. The van der Waals surface area contributed by atoms with Gasteiger partial charge < -0.3 is 31.1 Å².